The molecule has 34 heavy (non-hydrogen) atoms. The Balaban J connectivity index is 1.21. The Hall–Kier alpha value is -4.30. The van der Waals surface area contributed by atoms with Crippen LogP contribution in [-0.2, 0) is 0 Å². The number of benzene rings is 2. The van der Waals surface area contributed by atoms with Crippen molar-refractivity contribution in [1.29, 1.82) is 0 Å². The lowest BCUT2D eigenvalue weighted by Crippen LogP contribution is -2.11. The van der Waals surface area contributed by atoms with Crippen molar-refractivity contribution in [2.24, 2.45) is 0 Å². The molecule has 0 saturated carbocycles. The summed E-state index contributed by atoms with van der Waals surface area (Å²) < 4.78 is 7.52. The van der Waals surface area contributed by atoms with Gasteiger partial charge in [0.25, 0.3) is 5.91 Å². The quantitative estimate of drug-likeness (QED) is 0.329. The molecule has 1 N–H and O–H groups in total. The Labute approximate surface area is 200 Å². The van der Waals surface area contributed by atoms with Crippen LogP contribution in [0.1, 0.15) is 21.7 Å². The lowest BCUT2D eigenvalue weighted by molar-refractivity contribution is 0.102. The summed E-state index contributed by atoms with van der Waals surface area (Å²) in [4.78, 5) is 13.8. The fourth-order valence-electron chi connectivity index (χ4n) is 3.50. The van der Waals surface area contributed by atoms with E-state index in [1.165, 1.54) is 4.88 Å². The first kappa shape index (κ1) is 21.5. The van der Waals surface area contributed by atoms with E-state index in [1.807, 2.05) is 55.6 Å². The SMILES string of the molecule is Cc1cc(C)n(-c2ccc(Oc3ccc(NC(=O)c4ccc(-c5cccs5)cc4)cc3)nn2)n1. The van der Waals surface area contributed by atoms with E-state index in [0.717, 1.165) is 17.0 Å². The molecule has 5 rings (SSSR count). The summed E-state index contributed by atoms with van der Waals surface area (Å²) in [5, 5.41) is 17.7. The Morgan fingerprint density at radius 3 is 2.35 bits per heavy atom. The molecular weight excluding hydrogens is 446 g/mol. The highest BCUT2D eigenvalue weighted by Crippen LogP contribution is 2.25. The second-order valence-electron chi connectivity index (χ2n) is 7.70. The summed E-state index contributed by atoms with van der Waals surface area (Å²) >= 11 is 1.67. The molecule has 0 fully saturated rings. The van der Waals surface area contributed by atoms with E-state index in [0.29, 0.717) is 28.7 Å². The van der Waals surface area contributed by atoms with Gasteiger partial charge in [-0.2, -0.15) is 5.10 Å². The van der Waals surface area contributed by atoms with Crippen molar-refractivity contribution < 1.29 is 9.53 Å². The minimum Gasteiger partial charge on any atom is -0.438 e. The van der Waals surface area contributed by atoms with Gasteiger partial charge in [0.1, 0.15) is 5.75 Å². The molecule has 0 saturated heterocycles. The van der Waals surface area contributed by atoms with Gasteiger partial charge in [0, 0.05) is 27.9 Å². The highest BCUT2D eigenvalue weighted by Gasteiger charge is 2.09. The number of carbonyl (C=O) groups is 1. The van der Waals surface area contributed by atoms with Gasteiger partial charge in [-0.1, -0.05) is 18.2 Å². The van der Waals surface area contributed by atoms with E-state index in [4.69, 9.17) is 4.74 Å². The first-order valence-corrected chi connectivity index (χ1v) is 11.5. The van der Waals surface area contributed by atoms with Crippen molar-refractivity contribution in [3.05, 3.63) is 101 Å². The van der Waals surface area contributed by atoms with Crippen LogP contribution in [0.3, 0.4) is 0 Å². The number of rotatable bonds is 6. The minimum atomic E-state index is -0.169. The minimum absolute atomic E-state index is 0.169. The van der Waals surface area contributed by atoms with Crippen LogP contribution in [0.5, 0.6) is 11.6 Å². The molecule has 5 aromatic rings. The molecule has 7 nitrogen and oxygen atoms in total. The van der Waals surface area contributed by atoms with Crippen molar-refractivity contribution >= 4 is 22.9 Å². The summed E-state index contributed by atoms with van der Waals surface area (Å²) in [5.41, 5.74) is 4.27. The molecule has 0 atom stereocenters. The fourth-order valence-corrected chi connectivity index (χ4v) is 4.23. The molecule has 0 unspecified atom stereocenters. The van der Waals surface area contributed by atoms with E-state index < -0.39 is 0 Å². The highest BCUT2D eigenvalue weighted by molar-refractivity contribution is 7.13. The third-order valence-electron chi connectivity index (χ3n) is 5.14. The molecule has 0 aliphatic rings. The van der Waals surface area contributed by atoms with Gasteiger partial charge in [0.2, 0.25) is 5.88 Å². The van der Waals surface area contributed by atoms with Gasteiger partial charge in [0.05, 0.1) is 5.69 Å². The molecule has 8 heteroatoms. The zero-order valence-corrected chi connectivity index (χ0v) is 19.4. The average Bonchev–Trinajstić information content (AvgIpc) is 3.50. The summed E-state index contributed by atoms with van der Waals surface area (Å²) in [7, 11) is 0. The van der Waals surface area contributed by atoms with Gasteiger partial charge in [-0.25, -0.2) is 4.68 Å². The molecular formula is C26H21N5O2S. The van der Waals surface area contributed by atoms with Gasteiger partial charge in [-0.15, -0.1) is 21.5 Å². The molecule has 3 heterocycles. The van der Waals surface area contributed by atoms with Gasteiger partial charge in [0.15, 0.2) is 5.82 Å². The van der Waals surface area contributed by atoms with Crippen LogP contribution >= 0.6 is 11.3 Å². The molecule has 2 aromatic carbocycles. The van der Waals surface area contributed by atoms with Crippen LogP contribution in [0.4, 0.5) is 5.69 Å². The zero-order valence-electron chi connectivity index (χ0n) is 18.6. The predicted molar refractivity (Wildman–Crippen MR) is 133 cm³/mol. The van der Waals surface area contributed by atoms with Gasteiger partial charge < -0.3 is 10.1 Å². The van der Waals surface area contributed by atoms with Crippen molar-refractivity contribution in [3.63, 3.8) is 0 Å². The van der Waals surface area contributed by atoms with Crippen molar-refractivity contribution in [2.45, 2.75) is 13.8 Å². The maximum absolute atomic E-state index is 12.6. The van der Waals surface area contributed by atoms with Gasteiger partial charge >= 0.3 is 0 Å². The predicted octanol–water partition coefficient (Wildman–Crippen LogP) is 6.05. The van der Waals surface area contributed by atoms with E-state index in [-0.39, 0.29) is 5.91 Å². The number of amides is 1. The first-order valence-electron chi connectivity index (χ1n) is 10.7. The normalized spacial score (nSPS) is 10.8. The van der Waals surface area contributed by atoms with Crippen LogP contribution < -0.4 is 10.1 Å². The molecule has 0 aliphatic carbocycles. The number of anilines is 1. The third kappa shape index (κ3) is 4.72. The zero-order chi connectivity index (χ0) is 23.5. The van der Waals surface area contributed by atoms with E-state index >= 15 is 0 Å². The second-order valence-corrected chi connectivity index (χ2v) is 8.65. The maximum Gasteiger partial charge on any atom is 0.255 e. The maximum atomic E-state index is 12.6. The van der Waals surface area contributed by atoms with Crippen LogP contribution in [0.2, 0.25) is 0 Å². The van der Waals surface area contributed by atoms with Crippen LogP contribution in [0, 0.1) is 13.8 Å². The van der Waals surface area contributed by atoms with Gasteiger partial charge in [-0.05, 0) is 79.4 Å². The molecule has 0 bridgehead atoms. The summed E-state index contributed by atoms with van der Waals surface area (Å²) in [6, 6.07) is 24.3. The van der Waals surface area contributed by atoms with Crippen molar-refractivity contribution in [1.82, 2.24) is 20.0 Å². The Morgan fingerprint density at radius 1 is 0.941 bits per heavy atom. The van der Waals surface area contributed by atoms with E-state index in [1.54, 1.807) is 52.4 Å². The Morgan fingerprint density at radius 2 is 1.74 bits per heavy atom. The van der Waals surface area contributed by atoms with Crippen LogP contribution in [0.25, 0.3) is 16.3 Å². The topological polar surface area (TPSA) is 81.9 Å². The van der Waals surface area contributed by atoms with Crippen molar-refractivity contribution in [2.75, 3.05) is 5.32 Å². The van der Waals surface area contributed by atoms with Crippen molar-refractivity contribution in [3.8, 4) is 27.9 Å². The van der Waals surface area contributed by atoms with Crippen LogP contribution in [0.15, 0.2) is 84.2 Å². The second kappa shape index (κ2) is 9.29. The summed E-state index contributed by atoms with van der Waals surface area (Å²) in [5.74, 6) is 1.41. The fraction of sp³-hybridized carbons (Fsp3) is 0.0769. The summed E-state index contributed by atoms with van der Waals surface area (Å²) in [6.07, 6.45) is 0. The monoisotopic (exact) mass is 467 g/mol. The molecule has 0 radical (unpaired) electrons. The molecule has 0 spiro atoms. The number of hydrogen-bond acceptors (Lipinski definition) is 6. The molecule has 0 aliphatic heterocycles. The molecule has 168 valence electrons. The number of nitrogens with zero attached hydrogens (tertiary/aromatic N) is 4. The van der Waals surface area contributed by atoms with E-state index in [9.17, 15) is 4.79 Å². The average molecular weight is 468 g/mol. The lowest BCUT2D eigenvalue weighted by atomic mass is 10.1. The summed E-state index contributed by atoms with van der Waals surface area (Å²) in [6.45, 7) is 3.90. The Kier molecular flexibility index (Phi) is 5.88. The smallest absolute Gasteiger partial charge is 0.255 e. The molecule has 3 aromatic heterocycles. The number of carbonyl (C=O) groups excluding carboxylic acids is 1. The first-order chi connectivity index (χ1) is 16.5. The number of thiophene rings is 1. The number of hydrogen-bond donors (Lipinski definition) is 1. The molecule has 1 amide bonds. The van der Waals surface area contributed by atoms with Gasteiger partial charge in [-0.3, -0.25) is 4.79 Å². The number of aryl methyl sites for hydroxylation is 2. The lowest BCUT2D eigenvalue weighted by Gasteiger charge is -2.08. The Bertz CT molecular complexity index is 1410. The number of ether oxygens (including phenoxy) is 1. The van der Waals surface area contributed by atoms with Crippen LogP contribution in [-0.4, -0.2) is 25.9 Å². The standard InChI is InChI=1S/C26H21N5O2S/c1-17-16-18(2)31(30-17)24-13-14-25(29-28-24)33-22-11-9-21(10-12-22)27-26(32)20-7-5-19(6-8-20)23-4-3-15-34-23/h3-16H,1-2H3,(H,27,32). The van der Waals surface area contributed by atoms with E-state index in [2.05, 4.69) is 26.7 Å². The highest BCUT2D eigenvalue weighted by atomic mass is 32.1. The number of aromatic nitrogens is 4. The largest absolute Gasteiger partial charge is 0.438 e. The number of nitrogens with one attached hydrogen (secondary N) is 1. The third-order valence-corrected chi connectivity index (χ3v) is 6.06.